The summed E-state index contributed by atoms with van der Waals surface area (Å²) in [6.45, 7) is 4.36. The van der Waals surface area contributed by atoms with Gasteiger partial charge in [-0.25, -0.2) is 0 Å². The zero-order valence-electron chi connectivity index (χ0n) is 11.3. The second-order valence-corrected chi connectivity index (χ2v) is 6.00. The molecule has 0 N–H and O–H groups in total. The minimum Gasteiger partial charge on any atom is -0.0921 e. The van der Waals surface area contributed by atoms with E-state index in [1.807, 2.05) is 12.1 Å². The Morgan fingerprint density at radius 1 is 1.00 bits per heavy atom. The fourth-order valence-electron chi connectivity index (χ4n) is 2.47. The lowest BCUT2D eigenvalue weighted by molar-refractivity contribution is 0.767. The van der Waals surface area contributed by atoms with Crippen molar-refractivity contribution in [1.29, 1.82) is 0 Å². The molecule has 0 radical (unpaired) electrons. The first-order chi connectivity index (χ1) is 9.13. The summed E-state index contributed by atoms with van der Waals surface area (Å²) in [6, 6.07) is 14.6. The first-order valence-corrected chi connectivity index (χ1v) is 7.99. The molecule has 0 saturated carbocycles. The summed E-state index contributed by atoms with van der Waals surface area (Å²) < 4.78 is 0. The Balaban J connectivity index is 2.32. The number of benzene rings is 2. The van der Waals surface area contributed by atoms with Crippen molar-refractivity contribution in [2.45, 2.75) is 26.2 Å². The summed E-state index contributed by atoms with van der Waals surface area (Å²) in [7, 11) is 0. The summed E-state index contributed by atoms with van der Waals surface area (Å²) in [5, 5.41) is 1.78. The number of halogens is 2. The predicted molar refractivity (Wildman–Crippen MR) is 87.6 cm³/mol. The molecule has 2 aromatic rings. The first kappa shape index (κ1) is 14.6. The largest absolute Gasteiger partial charge is 0.0921 e. The Kier molecular flexibility index (Phi) is 5.06. The van der Waals surface area contributed by atoms with E-state index in [-0.39, 0.29) is 0 Å². The Hall–Kier alpha value is -0.790. The normalized spacial score (nSPS) is 12.4. The number of hydrogen-bond acceptors (Lipinski definition) is 0. The molecular formula is C17H18BrCl. The molecule has 0 aliphatic rings. The van der Waals surface area contributed by atoms with E-state index in [0.717, 1.165) is 16.8 Å². The van der Waals surface area contributed by atoms with E-state index in [1.165, 1.54) is 22.3 Å². The van der Waals surface area contributed by atoms with Gasteiger partial charge in [-0.05, 0) is 54.5 Å². The van der Waals surface area contributed by atoms with Crippen molar-refractivity contribution in [2.24, 2.45) is 0 Å². The molecular weight excluding hydrogens is 320 g/mol. The molecule has 2 rings (SSSR count). The van der Waals surface area contributed by atoms with Gasteiger partial charge in [-0.15, -0.1) is 0 Å². The van der Waals surface area contributed by atoms with E-state index in [4.69, 9.17) is 11.6 Å². The number of hydrogen-bond donors (Lipinski definition) is 0. The summed E-state index contributed by atoms with van der Waals surface area (Å²) in [6.07, 6.45) is 1.02. The van der Waals surface area contributed by atoms with Crippen molar-refractivity contribution in [3.8, 4) is 0 Å². The molecule has 0 aromatic heterocycles. The monoisotopic (exact) mass is 336 g/mol. The zero-order valence-corrected chi connectivity index (χ0v) is 13.6. The molecule has 0 aliphatic heterocycles. The fraction of sp³-hybridized carbons (Fsp3) is 0.294. The van der Waals surface area contributed by atoms with Gasteiger partial charge in [0.25, 0.3) is 0 Å². The van der Waals surface area contributed by atoms with Gasteiger partial charge in [0, 0.05) is 10.4 Å². The van der Waals surface area contributed by atoms with Gasteiger partial charge in [0.2, 0.25) is 0 Å². The van der Waals surface area contributed by atoms with Crippen LogP contribution in [0.15, 0.2) is 42.5 Å². The minimum absolute atomic E-state index is 0.411. The van der Waals surface area contributed by atoms with Crippen LogP contribution in [0.1, 0.15) is 28.2 Å². The smallest absolute Gasteiger partial charge is 0.0441 e. The van der Waals surface area contributed by atoms with Gasteiger partial charge in [-0.2, -0.15) is 0 Å². The van der Waals surface area contributed by atoms with Gasteiger partial charge < -0.3 is 0 Å². The van der Waals surface area contributed by atoms with Gasteiger partial charge >= 0.3 is 0 Å². The topological polar surface area (TPSA) is 0 Å². The van der Waals surface area contributed by atoms with Crippen LogP contribution in [0.25, 0.3) is 0 Å². The first-order valence-electron chi connectivity index (χ1n) is 6.49. The van der Waals surface area contributed by atoms with Crippen molar-refractivity contribution < 1.29 is 0 Å². The quantitative estimate of drug-likeness (QED) is 0.630. The Morgan fingerprint density at radius 3 is 2.21 bits per heavy atom. The number of aryl methyl sites for hydroxylation is 2. The molecule has 100 valence electrons. The van der Waals surface area contributed by atoms with E-state index in [0.29, 0.717) is 5.92 Å². The molecule has 0 heterocycles. The minimum atomic E-state index is 0.411. The fourth-order valence-corrected chi connectivity index (χ4v) is 3.34. The third-order valence-corrected chi connectivity index (χ3v) is 4.75. The molecule has 0 amide bonds. The molecule has 0 fully saturated rings. The zero-order chi connectivity index (χ0) is 13.8. The van der Waals surface area contributed by atoms with Crippen LogP contribution in [0.2, 0.25) is 5.02 Å². The predicted octanol–water partition coefficient (Wildman–Crippen LogP) is 5.68. The van der Waals surface area contributed by atoms with Crippen LogP contribution in [-0.4, -0.2) is 5.33 Å². The van der Waals surface area contributed by atoms with Gasteiger partial charge in [0.05, 0.1) is 0 Å². The lowest BCUT2D eigenvalue weighted by atomic mass is 9.89. The second kappa shape index (κ2) is 6.58. The van der Waals surface area contributed by atoms with Crippen molar-refractivity contribution in [3.05, 3.63) is 69.7 Å². The van der Waals surface area contributed by atoms with Crippen LogP contribution in [0, 0.1) is 13.8 Å². The molecule has 0 spiro atoms. The highest BCUT2D eigenvalue weighted by molar-refractivity contribution is 9.09. The molecule has 0 nitrogen and oxygen atoms in total. The molecule has 2 heteroatoms. The SMILES string of the molecule is Cc1cccc(C)c1CC(CBr)c1ccccc1Cl. The molecule has 19 heavy (non-hydrogen) atoms. The second-order valence-electron chi connectivity index (χ2n) is 4.95. The van der Waals surface area contributed by atoms with Crippen LogP contribution < -0.4 is 0 Å². The summed E-state index contributed by atoms with van der Waals surface area (Å²) >= 11 is 9.96. The maximum atomic E-state index is 6.32. The average Bonchev–Trinajstić information content (AvgIpc) is 2.40. The van der Waals surface area contributed by atoms with E-state index in [2.05, 4.69) is 60.1 Å². The molecule has 0 saturated heterocycles. The third kappa shape index (κ3) is 3.40. The van der Waals surface area contributed by atoms with E-state index >= 15 is 0 Å². The lowest BCUT2D eigenvalue weighted by Crippen LogP contribution is -2.07. The van der Waals surface area contributed by atoms with Gasteiger partial charge in [-0.1, -0.05) is 63.9 Å². The molecule has 0 aliphatic carbocycles. The lowest BCUT2D eigenvalue weighted by Gasteiger charge is -2.19. The van der Waals surface area contributed by atoms with Crippen LogP contribution in [0.5, 0.6) is 0 Å². The van der Waals surface area contributed by atoms with Gasteiger partial charge in [-0.3, -0.25) is 0 Å². The van der Waals surface area contributed by atoms with Crippen LogP contribution in [0.3, 0.4) is 0 Å². The highest BCUT2D eigenvalue weighted by Crippen LogP contribution is 2.30. The Morgan fingerprint density at radius 2 is 1.63 bits per heavy atom. The van der Waals surface area contributed by atoms with Gasteiger partial charge in [0.1, 0.15) is 0 Å². The molecule has 2 aromatic carbocycles. The van der Waals surface area contributed by atoms with E-state index < -0.39 is 0 Å². The van der Waals surface area contributed by atoms with Crippen molar-refractivity contribution in [3.63, 3.8) is 0 Å². The summed E-state index contributed by atoms with van der Waals surface area (Å²) in [4.78, 5) is 0. The Labute approximate surface area is 128 Å². The summed E-state index contributed by atoms with van der Waals surface area (Å²) in [5.41, 5.74) is 5.38. The molecule has 1 atom stereocenters. The standard InChI is InChI=1S/C17H18BrCl/c1-12-6-5-7-13(2)16(12)10-14(11-18)15-8-3-4-9-17(15)19/h3-9,14H,10-11H2,1-2H3. The van der Waals surface area contributed by atoms with Crippen molar-refractivity contribution in [2.75, 3.05) is 5.33 Å². The van der Waals surface area contributed by atoms with Crippen molar-refractivity contribution in [1.82, 2.24) is 0 Å². The maximum absolute atomic E-state index is 6.32. The number of alkyl halides is 1. The maximum Gasteiger partial charge on any atom is 0.0441 e. The van der Waals surface area contributed by atoms with Crippen LogP contribution in [0.4, 0.5) is 0 Å². The van der Waals surface area contributed by atoms with E-state index in [1.54, 1.807) is 0 Å². The van der Waals surface area contributed by atoms with Crippen LogP contribution in [-0.2, 0) is 6.42 Å². The van der Waals surface area contributed by atoms with E-state index in [9.17, 15) is 0 Å². The van der Waals surface area contributed by atoms with Gasteiger partial charge in [0.15, 0.2) is 0 Å². The third-order valence-electron chi connectivity index (χ3n) is 3.63. The van der Waals surface area contributed by atoms with Crippen LogP contribution >= 0.6 is 27.5 Å². The van der Waals surface area contributed by atoms with Crippen molar-refractivity contribution >= 4 is 27.5 Å². The Bertz CT molecular complexity index is 543. The highest BCUT2D eigenvalue weighted by atomic mass is 79.9. The summed E-state index contributed by atoms with van der Waals surface area (Å²) in [5.74, 6) is 0.411. The molecule has 0 bridgehead atoms. The molecule has 1 unspecified atom stereocenters. The highest BCUT2D eigenvalue weighted by Gasteiger charge is 2.16. The number of rotatable bonds is 4. The average molecular weight is 338 g/mol.